The van der Waals surface area contributed by atoms with E-state index >= 15 is 0 Å². The molecule has 1 atom stereocenters. The topological polar surface area (TPSA) is 9.23 Å². The average molecular weight is 270 g/mol. The van der Waals surface area contributed by atoms with Crippen LogP contribution in [0.3, 0.4) is 0 Å². The Bertz CT molecular complexity index is 247. The summed E-state index contributed by atoms with van der Waals surface area (Å²) in [5, 5.41) is 0. The van der Waals surface area contributed by atoms with Gasteiger partial charge in [-0.05, 0) is 36.0 Å². The molecule has 0 aromatic rings. The van der Waals surface area contributed by atoms with E-state index < -0.39 is 0 Å². The fourth-order valence-corrected chi connectivity index (χ4v) is 4.58. The first-order valence-corrected chi connectivity index (χ1v) is 8.52. The van der Waals surface area contributed by atoms with Gasteiger partial charge in [-0.25, -0.2) is 0 Å². The second-order valence-corrected chi connectivity index (χ2v) is 7.87. The van der Waals surface area contributed by atoms with Gasteiger partial charge in [0.1, 0.15) is 10.5 Å². The zero-order valence-electron chi connectivity index (χ0n) is 13.4. The Morgan fingerprint density at radius 1 is 1.33 bits per heavy atom. The molecule has 0 saturated heterocycles. The molecule has 107 valence electrons. The lowest BCUT2D eigenvalue weighted by Crippen LogP contribution is -2.40. The van der Waals surface area contributed by atoms with Gasteiger partial charge in [-0.3, -0.25) is 0 Å². The van der Waals surface area contributed by atoms with Crippen LogP contribution in [0, 0.1) is 22.7 Å². The van der Waals surface area contributed by atoms with Crippen molar-refractivity contribution in [1.29, 1.82) is 0 Å². The molecule has 0 amide bonds. The normalized spacial score (nSPS) is 26.2. The Kier molecular flexibility index (Phi) is 5.92. The maximum absolute atomic E-state index is 5.60. The minimum Gasteiger partial charge on any atom is -0.427 e. The second-order valence-electron chi connectivity index (χ2n) is 7.30. The third-order valence-corrected chi connectivity index (χ3v) is 5.45. The van der Waals surface area contributed by atoms with Crippen LogP contribution in [0.4, 0.5) is 0 Å². The standard InChI is InChI=1S/C16H33OSi/c1-6-11-15(2,3)14-10-8-7-9-13(12-17-18)16(14,4)5/h14H,6-12H2,1-5,18H3. The predicted molar refractivity (Wildman–Crippen MR) is 83.6 cm³/mol. The highest BCUT2D eigenvalue weighted by Crippen LogP contribution is 2.53. The van der Waals surface area contributed by atoms with Crippen LogP contribution in [-0.2, 0) is 4.43 Å². The summed E-state index contributed by atoms with van der Waals surface area (Å²) in [5.41, 5.74) is 0.804. The minimum absolute atomic E-state index is 0.347. The average Bonchev–Trinajstić information content (AvgIpc) is 2.39. The van der Waals surface area contributed by atoms with Crippen LogP contribution in [-0.4, -0.2) is 17.1 Å². The summed E-state index contributed by atoms with van der Waals surface area (Å²) in [6.45, 7) is 13.1. The molecular formula is C16H33OSi. The van der Waals surface area contributed by atoms with Gasteiger partial charge in [-0.2, -0.15) is 0 Å². The molecule has 0 heterocycles. The molecule has 0 N–H and O–H groups in total. The molecule has 0 aromatic carbocycles. The Balaban J connectivity index is 2.93. The largest absolute Gasteiger partial charge is 0.427 e. The fraction of sp³-hybridized carbons (Fsp3) is 0.938. The van der Waals surface area contributed by atoms with Crippen molar-refractivity contribution in [3.63, 3.8) is 0 Å². The summed E-state index contributed by atoms with van der Waals surface area (Å²) in [6, 6.07) is 0. The number of hydrogen-bond donors (Lipinski definition) is 0. The maximum atomic E-state index is 5.60. The van der Waals surface area contributed by atoms with E-state index in [-0.39, 0.29) is 0 Å². The van der Waals surface area contributed by atoms with Crippen LogP contribution in [0.15, 0.2) is 0 Å². The SMILES string of the molecule is CCCC(C)(C)C1CCCC[C](CO[SiH3])C1(C)C. The van der Waals surface area contributed by atoms with Gasteiger partial charge in [0.2, 0.25) is 0 Å². The van der Waals surface area contributed by atoms with Crippen LogP contribution in [0.2, 0.25) is 0 Å². The van der Waals surface area contributed by atoms with E-state index in [2.05, 4.69) is 34.6 Å². The first kappa shape index (κ1) is 16.2. The van der Waals surface area contributed by atoms with Gasteiger partial charge in [0, 0.05) is 12.5 Å². The van der Waals surface area contributed by atoms with Gasteiger partial charge in [0.05, 0.1) is 0 Å². The molecule has 1 radical (unpaired) electrons. The van der Waals surface area contributed by atoms with Gasteiger partial charge in [-0.1, -0.05) is 53.9 Å². The van der Waals surface area contributed by atoms with E-state index in [1.54, 1.807) is 5.92 Å². The van der Waals surface area contributed by atoms with E-state index in [9.17, 15) is 0 Å². The third kappa shape index (κ3) is 3.60. The van der Waals surface area contributed by atoms with Gasteiger partial charge >= 0.3 is 0 Å². The van der Waals surface area contributed by atoms with Crippen molar-refractivity contribution in [3.05, 3.63) is 5.92 Å². The molecule has 1 rings (SSSR count). The molecule has 1 aliphatic carbocycles. The molecule has 1 nitrogen and oxygen atoms in total. The van der Waals surface area contributed by atoms with E-state index in [4.69, 9.17) is 4.43 Å². The molecule has 1 aliphatic rings. The smallest absolute Gasteiger partial charge is 0.145 e. The molecule has 0 aromatic heterocycles. The van der Waals surface area contributed by atoms with E-state index in [1.165, 1.54) is 38.5 Å². The van der Waals surface area contributed by atoms with Crippen molar-refractivity contribution >= 4 is 10.5 Å². The van der Waals surface area contributed by atoms with Crippen molar-refractivity contribution < 1.29 is 4.43 Å². The maximum Gasteiger partial charge on any atom is 0.145 e. The molecule has 1 saturated carbocycles. The highest BCUT2D eigenvalue weighted by atomic mass is 28.2. The monoisotopic (exact) mass is 269 g/mol. The van der Waals surface area contributed by atoms with Crippen molar-refractivity contribution in [3.8, 4) is 0 Å². The molecule has 1 fully saturated rings. The van der Waals surface area contributed by atoms with Crippen molar-refractivity contribution in [2.75, 3.05) is 6.61 Å². The van der Waals surface area contributed by atoms with Gasteiger partial charge in [0.25, 0.3) is 0 Å². The molecule has 1 unspecified atom stereocenters. The summed E-state index contributed by atoms with van der Waals surface area (Å²) in [6.07, 6.45) is 8.08. The predicted octanol–water partition coefficient (Wildman–Crippen LogP) is 3.90. The van der Waals surface area contributed by atoms with Crippen molar-refractivity contribution in [2.45, 2.75) is 73.1 Å². The van der Waals surface area contributed by atoms with Gasteiger partial charge in [-0.15, -0.1) is 0 Å². The summed E-state index contributed by atoms with van der Waals surface area (Å²) >= 11 is 0. The summed E-state index contributed by atoms with van der Waals surface area (Å²) < 4.78 is 5.60. The van der Waals surface area contributed by atoms with E-state index in [0.717, 1.165) is 23.0 Å². The number of hydrogen-bond acceptors (Lipinski definition) is 1. The third-order valence-electron chi connectivity index (χ3n) is 5.16. The quantitative estimate of drug-likeness (QED) is 0.543. The van der Waals surface area contributed by atoms with Crippen LogP contribution < -0.4 is 0 Å². The second kappa shape index (κ2) is 6.56. The van der Waals surface area contributed by atoms with E-state index in [0.29, 0.717) is 10.8 Å². The molecular weight excluding hydrogens is 236 g/mol. The lowest BCUT2D eigenvalue weighted by molar-refractivity contribution is 0.0608. The summed E-state index contributed by atoms with van der Waals surface area (Å²) in [5.74, 6) is 2.48. The Morgan fingerprint density at radius 2 is 2.00 bits per heavy atom. The minimum atomic E-state index is 0.347. The van der Waals surface area contributed by atoms with Crippen LogP contribution in [0.25, 0.3) is 0 Å². The van der Waals surface area contributed by atoms with Crippen molar-refractivity contribution in [1.82, 2.24) is 0 Å². The molecule has 18 heavy (non-hydrogen) atoms. The summed E-state index contributed by atoms with van der Waals surface area (Å²) in [7, 11) is 0.864. The van der Waals surface area contributed by atoms with Gasteiger partial charge in [0.15, 0.2) is 0 Å². The van der Waals surface area contributed by atoms with E-state index in [1.807, 2.05) is 0 Å². The lowest BCUT2D eigenvalue weighted by atomic mass is 9.58. The summed E-state index contributed by atoms with van der Waals surface area (Å²) in [4.78, 5) is 0. The zero-order valence-corrected chi connectivity index (χ0v) is 15.4. The number of rotatable bonds is 5. The van der Waals surface area contributed by atoms with Crippen LogP contribution in [0.5, 0.6) is 0 Å². The fourth-order valence-electron chi connectivity index (χ4n) is 4.23. The highest BCUT2D eigenvalue weighted by molar-refractivity contribution is 5.98. The first-order chi connectivity index (χ1) is 8.36. The molecule has 2 heteroatoms. The lowest BCUT2D eigenvalue weighted by Gasteiger charge is -2.47. The highest BCUT2D eigenvalue weighted by Gasteiger charge is 2.45. The molecule has 0 bridgehead atoms. The van der Waals surface area contributed by atoms with Crippen LogP contribution in [0.1, 0.15) is 73.1 Å². The Hall–Kier alpha value is 0.177. The Morgan fingerprint density at radius 3 is 2.56 bits per heavy atom. The van der Waals surface area contributed by atoms with Crippen LogP contribution >= 0.6 is 0 Å². The van der Waals surface area contributed by atoms with Crippen molar-refractivity contribution in [2.24, 2.45) is 16.7 Å². The zero-order chi connectivity index (χ0) is 13.8. The first-order valence-electron chi connectivity index (χ1n) is 7.70. The Labute approximate surface area is 118 Å². The molecule has 0 spiro atoms. The van der Waals surface area contributed by atoms with Gasteiger partial charge < -0.3 is 4.43 Å². The molecule has 0 aliphatic heterocycles.